The van der Waals surface area contributed by atoms with E-state index in [4.69, 9.17) is 5.84 Å². The lowest BCUT2D eigenvalue weighted by Crippen LogP contribution is -2.43. The van der Waals surface area contributed by atoms with Gasteiger partial charge in [0.25, 0.3) is 0 Å². The summed E-state index contributed by atoms with van der Waals surface area (Å²) in [7, 11) is 3.66. The van der Waals surface area contributed by atoms with E-state index in [0.29, 0.717) is 18.4 Å². The van der Waals surface area contributed by atoms with Gasteiger partial charge in [0, 0.05) is 20.6 Å². The molecule has 0 amide bonds. The third kappa shape index (κ3) is 2.77. The SMILES string of the molecule is CN(C)c1nc(NN)nc(NCC2(O)CCC2)n1. The van der Waals surface area contributed by atoms with E-state index in [1.807, 2.05) is 14.1 Å². The molecule has 1 aromatic heterocycles. The molecule has 5 N–H and O–H groups in total. The number of nitrogens with one attached hydrogen (secondary N) is 2. The van der Waals surface area contributed by atoms with Gasteiger partial charge in [-0.15, -0.1) is 0 Å². The lowest BCUT2D eigenvalue weighted by Gasteiger charge is -2.36. The minimum atomic E-state index is -0.624. The summed E-state index contributed by atoms with van der Waals surface area (Å²) in [6.45, 7) is 0.438. The van der Waals surface area contributed by atoms with Crippen molar-refractivity contribution < 1.29 is 5.11 Å². The fourth-order valence-corrected chi connectivity index (χ4v) is 1.71. The zero-order valence-corrected chi connectivity index (χ0v) is 10.6. The molecule has 1 aromatic rings. The first-order valence-electron chi connectivity index (χ1n) is 5.89. The van der Waals surface area contributed by atoms with Crippen LogP contribution in [0.3, 0.4) is 0 Å². The number of aromatic nitrogens is 3. The number of aliphatic hydroxyl groups is 1. The van der Waals surface area contributed by atoms with Crippen LogP contribution in [-0.2, 0) is 0 Å². The van der Waals surface area contributed by atoms with E-state index in [-0.39, 0.29) is 5.95 Å². The van der Waals surface area contributed by atoms with Crippen molar-refractivity contribution in [1.29, 1.82) is 0 Å². The van der Waals surface area contributed by atoms with Crippen LogP contribution >= 0.6 is 0 Å². The lowest BCUT2D eigenvalue weighted by atomic mass is 9.80. The van der Waals surface area contributed by atoms with Gasteiger partial charge >= 0.3 is 0 Å². The number of nitrogen functional groups attached to an aromatic ring is 1. The molecule has 0 aromatic carbocycles. The highest BCUT2D eigenvalue weighted by Crippen LogP contribution is 2.31. The van der Waals surface area contributed by atoms with E-state index in [1.165, 1.54) is 0 Å². The molecule has 100 valence electrons. The molecule has 0 bridgehead atoms. The highest BCUT2D eigenvalue weighted by molar-refractivity contribution is 5.42. The Bertz CT molecular complexity index is 419. The van der Waals surface area contributed by atoms with Crippen LogP contribution in [-0.4, -0.2) is 46.3 Å². The molecule has 0 unspecified atom stereocenters. The maximum atomic E-state index is 9.99. The second-order valence-corrected chi connectivity index (χ2v) is 4.75. The van der Waals surface area contributed by atoms with E-state index >= 15 is 0 Å². The molecule has 8 heteroatoms. The summed E-state index contributed by atoms with van der Waals surface area (Å²) in [4.78, 5) is 14.2. The van der Waals surface area contributed by atoms with Crippen molar-refractivity contribution in [3.63, 3.8) is 0 Å². The molecule has 1 heterocycles. The number of hydrogen-bond acceptors (Lipinski definition) is 8. The monoisotopic (exact) mass is 253 g/mol. The number of nitrogens with zero attached hydrogens (tertiary/aromatic N) is 4. The Kier molecular flexibility index (Phi) is 3.48. The summed E-state index contributed by atoms with van der Waals surface area (Å²) in [5, 5.41) is 13.0. The van der Waals surface area contributed by atoms with Gasteiger partial charge in [0.15, 0.2) is 0 Å². The van der Waals surface area contributed by atoms with Gasteiger partial charge < -0.3 is 15.3 Å². The topological polar surface area (TPSA) is 112 Å². The Labute approximate surface area is 106 Å². The van der Waals surface area contributed by atoms with Crippen LogP contribution in [0, 0.1) is 0 Å². The second kappa shape index (κ2) is 4.91. The van der Waals surface area contributed by atoms with Gasteiger partial charge in [0.05, 0.1) is 5.60 Å². The largest absolute Gasteiger partial charge is 0.388 e. The third-order valence-corrected chi connectivity index (χ3v) is 3.01. The molecule has 0 saturated heterocycles. The summed E-state index contributed by atoms with van der Waals surface area (Å²) < 4.78 is 0. The number of hydrogen-bond donors (Lipinski definition) is 4. The summed E-state index contributed by atoms with van der Waals surface area (Å²) in [6.07, 6.45) is 2.69. The minimum absolute atomic E-state index is 0.289. The molecular formula is C10H19N7O. The van der Waals surface area contributed by atoms with Crippen molar-refractivity contribution in [3.8, 4) is 0 Å². The van der Waals surface area contributed by atoms with Crippen LogP contribution in [0.1, 0.15) is 19.3 Å². The van der Waals surface area contributed by atoms with Crippen molar-refractivity contribution in [2.45, 2.75) is 24.9 Å². The van der Waals surface area contributed by atoms with E-state index < -0.39 is 5.60 Å². The van der Waals surface area contributed by atoms with E-state index in [0.717, 1.165) is 19.3 Å². The Morgan fingerprint density at radius 1 is 1.28 bits per heavy atom. The zero-order chi connectivity index (χ0) is 13.2. The predicted molar refractivity (Wildman–Crippen MR) is 69.3 cm³/mol. The Hall–Kier alpha value is -1.67. The highest BCUT2D eigenvalue weighted by Gasteiger charge is 2.34. The molecule has 0 spiro atoms. The van der Waals surface area contributed by atoms with Crippen molar-refractivity contribution in [2.75, 3.05) is 36.3 Å². The van der Waals surface area contributed by atoms with Crippen LogP contribution < -0.4 is 21.5 Å². The first kappa shape index (κ1) is 12.8. The van der Waals surface area contributed by atoms with Crippen LogP contribution in [0.25, 0.3) is 0 Å². The predicted octanol–water partition coefficient (Wildman–Crippen LogP) is -0.450. The number of anilines is 3. The van der Waals surface area contributed by atoms with E-state index in [9.17, 15) is 5.11 Å². The quantitative estimate of drug-likeness (QED) is 0.412. The molecule has 0 aliphatic heterocycles. The van der Waals surface area contributed by atoms with Gasteiger partial charge in [-0.2, -0.15) is 15.0 Å². The lowest BCUT2D eigenvalue weighted by molar-refractivity contribution is -0.0203. The molecule has 18 heavy (non-hydrogen) atoms. The Balaban J connectivity index is 2.08. The van der Waals surface area contributed by atoms with Gasteiger partial charge in [-0.1, -0.05) is 0 Å². The maximum absolute atomic E-state index is 9.99. The third-order valence-electron chi connectivity index (χ3n) is 3.01. The standard InChI is InChI=1S/C10H19N7O/c1-17(2)9-14-7(13-8(15-9)16-11)12-6-10(18)4-3-5-10/h18H,3-6,11H2,1-2H3,(H2,12,13,14,15,16). The molecule has 1 aliphatic rings. The first-order chi connectivity index (χ1) is 8.52. The van der Waals surface area contributed by atoms with Crippen LogP contribution in [0.2, 0.25) is 0 Å². The molecule has 8 nitrogen and oxygen atoms in total. The van der Waals surface area contributed by atoms with Gasteiger partial charge in [-0.25, -0.2) is 5.84 Å². The van der Waals surface area contributed by atoms with Crippen molar-refractivity contribution >= 4 is 17.8 Å². The first-order valence-corrected chi connectivity index (χ1v) is 5.89. The zero-order valence-electron chi connectivity index (χ0n) is 10.6. The van der Waals surface area contributed by atoms with Gasteiger partial charge in [0.2, 0.25) is 17.8 Å². The van der Waals surface area contributed by atoms with Crippen molar-refractivity contribution in [2.24, 2.45) is 5.84 Å². The highest BCUT2D eigenvalue weighted by atomic mass is 16.3. The van der Waals surface area contributed by atoms with E-state index in [1.54, 1.807) is 4.90 Å². The van der Waals surface area contributed by atoms with Gasteiger partial charge in [-0.05, 0) is 19.3 Å². The van der Waals surface area contributed by atoms with Gasteiger partial charge in [-0.3, -0.25) is 5.43 Å². The van der Waals surface area contributed by atoms with Crippen molar-refractivity contribution in [3.05, 3.63) is 0 Å². The average molecular weight is 253 g/mol. The molecule has 0 radical (unpaired) electrons. The Morgan fingerprint density at radius 3 is 2.44 bits per heavy atom. The van der Waals surface area contributed by atoms with Crippen LogP contribution in [0.4, 0.5) is 17.8 Å². The van der Waals surface area contributed by atoms with Crippen LogP contribution in [0.15, 0.2) is 0 Å². The Morgan fingerprint density at radius 2 is 1.94 bits per heavy atom. The second-order valence-electron chi connectivity index (χ2n) is 4.75. The average Bonchev–Trinajstić information content (AvgIpc) is 2.33. The summed E-state index contributed by atoms with van der Waals surface area (Å²) >= 11 is 0. The molecule has 1 saturated carbocycles. The van der Waals surface area contributed by atoms with Crippen LogP contribution in [0.5, 0.6) is 0 Å². The fraction of sp³-hybridized carbons (Fsp3) is 0.700. The normalized spacial score (nSPS) is 16.9. The van der Waals surface area contributed by atoms with E-state index in [2.05, 4.69) is 25.7 Å². The fourth-order valence-electron chi connectivity index (χ4n) is 1.71. The summed E-state index contributed by atoms with van der Waals surface area (Å²) in [5.74, 6) is 6.50. The molecular weight excluding hydrogens is 234 g/mol. The number of rotatable bonds is 5. The maximum Gasteiger partial charge on any atom is 0.243 e. The molecule has 1 fully saturated rings. The molecule has 0 atom stereocenters. The molecule has 2 rings (SSSR count). The van der Waals surface area contributed by atoms with Crippen molar-refractivity contribution in [1.82, 2.24) is 15.0 Å². The summed E-state index contributed by atoms with van der Waals surface area (Å²) in [5.41, 5.74) is 1.77. The minimum Gasteiger partial charge on any atom is -0.388 e. The van der Waals surface area contributed by atoms with Gasteiger partial charge in [0.1, 0.15) is 0 Å². The number of hydrazine groups is 1. The number of nitrogens with two attached hydrogens (primary N) is 1. The molecule has 1 aliphatic carbocycles. The smallest absolute Gasteiger partial charge is 0.243 e. The summed E-state index contributed by atoms with van der Waals surface area (Å²) in [6, 6.07) is 0.